The number of aromatic nitrogens is 2. The number of hydrogen-bond donors (Lipinski definition) is 2. The fraction of sp³-hybridized carbons (Fsp3) is 0.0833. The topological polar surface area (TPSA) is 75.1 Å². The molecule has 0 bridgehead atoms. The second-order valence-electron chi connectivity index (χ2n) is 3.54. The molecule has 0 spiro atoms. The second-order valence-corrected chi connectivity index (χ2v) is 3.54. The number of anilines is 1. The standard InChI is InChI=1S/C12H10FN3O2/c13-9-4-1-5-10(11(9)12(17)18)14-7-8-3-2-6-15-16-8/h1-6,14H,7H2,(H,17,18). The molecule has 0 fully saturated rings. The van der Waals surface area contributed by atoms with Crippen molar-refractivity contribution in [2.24, 2.45) is 0 Å². The van der Waals surface area contributed by atoms with Gasteiger partial charge in [-0.1, -0.05) is 6.07 Å². The molecule has 0 aliphatic rings. The Bertz CT molecular complexity index is 561. The number of rotatable bonds is 4. The lowest BCUT2D eigenvalue weighted by Gasteiger charge is -2.09. The summed E-state index contributed by atoms with van der Waals surface area (Å²) in [6.07, 6.45) is 1.54. The van der Waals surface area contributed by atoms with E-state index in [9.17, 15) is 9.18 Å². The maximum atomic E-state index is 13.4. The van der Waals surface area contributed by atoms with Crippen LogP contribution in [0.25, 0.3) is 0 Å². The third-order valence-electron chi connectivity index (χ3n) is 2.31. The van der Waals surface area contributed by atoms with Gasteiger partial charge in [-0.15, -0.1) is 0 Å². The predicted octanol–water partition coefficient (Wildman–Crippen LogP) is 1.93. The molecule has 0 saturated carbocycles. The molecule has 1 aromatic carbocycles. The average molecular weight is 247 g/mol. The Morgan fingerprint density at radius 2 is 2.17 bits per heavy atom. The number of nitrogens with one attached hydrogen (secondary N) is 1. The minimum absolute atomic E-state index is 0.216. The van der Waals surface area contributed by atoms with E-state index in [1.165, 1.54) is 18.3 Å². The smallest absolute Gasteiger partial charge is 0.340 e. The van der Waals surface area contributed by atoms with Gasteiger partial charge in [0.15, 0.2) is 0 Å². The van der Waals surface area contributed by atoms with Crippen LogP contribution >= 0.6 is 0 Å². The average Bonchev–Trinajstić information content (AvgIpc) is 2.37. The van der Waals surface area contributed by atoms with Crippen molar-refractivity contribution in [1.29, 1.82) is 0 Å². The molecule has 1 aromatic heterocycles. The predicted molar refractivity (Wildman–Crippen MR) is 62.7 cm³/mol. The summed E-state index contributed by atoms with van der Waals surface area (Å²) in [6.45, 7) is 0.275. The van der Waals surface area contributed by atoms with Gasteiger partial charge in [-0.2, -0.15) is 10.2 Å². The highest BCUT2D eigenvalue weighted by molar-refractivity contribution is 5.94. The number of carboxylic acids is 1. The summed E-state index contributed by atoms with van der Waals surface area (Å²) >= 11 is 0. The van der Waals surface area contributed by atoms with Crippen LogP contribution in [0.3, 0.4) is 0 Å². The van der Waals surface area contributed by atoms with Crippen LogP contribution in [0, 0.1) is 5.82 Å². The van der Waals surface area contributed by atoms with Crippen LogP contribution < -0.4 is 5.32 Å². The van der Waals surface area contributed by atoms with Crippen LogP contribution in [0.4, 0.5) is 10.1 Å². The Labute approximate surface area is 102 Å². The van der Waals surface area contributed by atoms with Crippen LogP contribution in [-0.2, 0) is 6.54 Å². The van der Waals surface area contributed by atoms with Crippen molar-refractivity contribution < 1.29 is 14.3 Å². The molecule has 2 rings (SSSR count). The molecular formula is C12H10FN3O2. The highest BCUT2D eigenvalue weighted by Gasteiger charge is 2.15. The second kappa shape index (κ2) is 5.22. The molecule has 0 radical (unpaired) electrons. The molecule has 2 N–H and O–H groups in total. The van der Waals surface area contributed by atoms with E-state index in [2.05, 4.69) is 15.5 Å². The maximum absolute atomic E-state index is 13.4. The van der Waals surface area contributed by atoms with Gasteiger partial charge in [0.05, 0.1) is 17.9 Å². The summed E-state index contributed by atoms with van der Waals surface area (Å²) in [5.74, 6) is -2.08. The van der Waals surface area contributed by atoms with E-state index < -0.39 is 11.8 Å². The van der Waals surface area contributed by atoms with E-state index in [1.807, 2.05) is 0 Å². The number of benzene rings is 1. The molecule has 0 atom stereocenters. The summed E-state index contributed by atoms with van der Waals surface area (Å²) in [4.78, 5) is 10.9. The first-order chi connectivity index (χ1) is 8.68. The van der Waals surface area contributed by atoms with Crippen LogP contribution in [-0.4, -0.2) is 21.3 Å². The number of halogens is 1. The first-order valence-electron chi connectivity index (χ1n) is 5.20. The Kier molecular flexibility index (Phi) is 3.47. The van der Waals surface area contributed by atoms with Crippen LogP contribution in [0.15, 0.2) is 36.5 Å². The van der Waals surface area contributed by atoms with E-state index >= 15 is 0 Å². The van der Waals surface area contributed by atoms with Gasteiger partial charge in [0.25, 0.3) is 0 Å². The molecule has 5 nitrogen and oxygen atoms in total. The molecule has 92 valence electrons. The fourth-order valence-electron chi connectivity index (χ4n) is 1.50. The largest absolute Gasteiger partial charge is 0.478 e. The number of carbonyl (C=O) groups is 1. The van der Waals surface area contributed by atoms with E-state index in [0.29, 0.717) is 5.69 Å². The minimum atomic E-state index is -1.31. The Balaban J connectivity index is 2.20. The summed E-state index contributed by atoms with van der Waals surface area (Å²) in [5, 5.41) is 19.3. The van der Waals surface area contributed by atoms with Gasteiger partial charge < -0.3 is 10.4 Å². The molecule has 0 amide bonds. The lowest BCUT2D eigenvalue weighted by molar-refractivity contribution is 0.0693. The SMILES string of the molecule is O=C(O)c1c(F)cccc1NCc1cccnn1. The van der Waals surface area contributed by atoms with Gasteiger partial charge in [0, 0.05) is 6.20 Å². The minimum Gasteiger partial charge on any atom is -0.478 e. The molecule has 6 heteroatoms. The van der Waals surface area contributed by atoms with Crippen molar-refractivity contribution in [3.8, 4) is 0 Å². The van der Waals surface area contributed by atoms with Crippen molar-refractivity contribution in [2.75, 3.05) is 5.32 Å². The zero-order valence-corrected chi connectivity index (χ0v) is 9.30. The van der Waals surface area contributed by atoms with E-state index in [-0.39, 0.29) is 17.8 Å². The van der Waals surface area contributed by atoms with Gasteiger partial charge in [-0.05, 0) is 24.3 Å². The Morgan fingerprint density at radius 3 is 2.83 bits per heavy atom. The first kappa shape index (κ1) is 12.0. The summed E-state index contributed by atoms with van der Waals surface area (Å²) < 4.78 is 13.4. The van der Waals surface area contributed by atoms with Crippen LogP contribution in [0.1, 0.15) is 16.1 Å². The van der Waals surface area contributed by atoms with Crippen molar-refractivity contribution in [1.82, 2.24) is 10.2 Å². The maximum Gasteiger partial charge on any atom is 0.340 e. The monoisotopic (exact) mass is 247 g/mol. The van der Waals surface area contributed by atoms with Crippen LogP contribution in [0.5, 0.6) is 0 Å². The zero-order valence-electron chi connectivity index (χ0n) is 9.30. The molecule has 18 heavy (non-hydrogen) atoms. The molecular weight excluding hydrogens is 237 g/mol. The molecule has 2 aromatic rings. The number of aromatic carboxylic acids is 1. The molecule has 0 aliphatic carbocycles. The van der Waals surface area contributed by atoms with Gasteiger partial charge in [-0.3, -0.25) is 0 Å². The highest BCUT2D eigenvalue weighted by atomic mass is 19.1. The fourth-order valence-corrected chi connectivity index (χ4v) is 1.50. The number of carboxylic acid groups (broad SMARTS) is 1. The Hall–Kier alpha value is -2.50. The molecule has 0 aliphatic heterocycles. The summed E-state index contributed by atoms with van der Waals surface area (Å²) in [6, 6.07) is 7.51. The lowest BCUT2D eigenvalue weighted by atomic mass is 10.1. The molecule has 1 heterocycles. The molecule has 0 saturated heterocycles. The van der Waals surface area contributed by atoms with E-state index in [4.69, 9.17) is 5.11 Å². The van der Waals surface area contributed by atoms with Crippen molar-refractivity contribution >= 4 is 11.7 Å². The first-order valence-corrected chi connectivity index (χ1v) is 5.20. The van der Waals surface area contributed by atoms with Gasteiger partial charge >= 0.3 is 5.97 Å². The van der Waals surface area contributed by atoms with Crippen LogP contribution in [0.2, 0.25) is 0 Å². The third kappa shape index (κ3) is 2.60. The Morgan fingerprint density at radius 1 is 1.33 bits per heavy atom. The highest BCUT2D eigenvalue weighted by Crippen LogP contribution is 2.19. The lowest BCUT2D eigenvalue weighted by Crippen LogP contribution is -2.09. The zero-order chi connectivity index (χ0) is 13.0. The van der Waals surface area contributed by atoms with Crippen molar-refractivity contribution in [2.45, 2.75) is 6.54 Å². The quantitative estimate of drug-likeness (QED) is 0.863. The van der Waals surface area contributed by atoms with Gasteiger partial charge in [0.2, 0.25) is 0 Å². The summed E-state index contributed by atoms with van der Waals surface area (Å²) in [7, 11) is 0. The summed E-state index contributed by atoms with van der Waals surface area (Å²) in [5.41, 5.74) is 0.479. The van der Waals surface area contributed by atoms with Crippen molar-refractivity contribution in [3.05, 3.63) is 53.6 Å². The van der Waals surface area contributed by atoms with Gasteiger partial charge in [0.1, 0.15) is 11.4 Å². The van der Waals surface area contributed by atoms with E-state index in [1.54, 1.807) is 12.1 Å². The van der Waals surface area contributed by atoms with Gasteiger partial charge in [-0.25, -0.2) is 9.18 Å². The number of nitrogens with zero attached hydrogens (tertiary/aromatic N) is 2. The third-order valence-corrected chi connectivity index (χ3v) is 2.31. The number of hydrogen-bond acceptors (Lipinski definition) is 4. The molecule has 0 unspecified atom stereocenters. The normalized spacial score (nSPS) is 10.1. The van der Waals surface area contributed by atoms with E-state index in [0.717, 1.165) is 6.07 Å². The van der Waals surface area contributed by atoms with Crippen molar-refractivity contribution in [3.63, 3.8) is 0 Å².